The Hall–Kier alpha value is 0.0500. The summed E-state index contributed by atoms with van der Waals surface area (Å²) in [5.74, 6) is 0.332. The van der Waals surface area contributed by atoms with Crippen LogP contribution < -0.4 is 10.5 Å². The zero-order chi connectivity index (χ0) is 14.3. The van der Waals surface area contributed by atoms with Crippen molar-refractivity contribution >= 4 is 41.9 Å². The highest BCUT2D eigenvalue weighted by Gasteiger charge is 2.43. The lowest BCUT2D eigenvalue weighted by molar-refractivity contribution is 0.374. The zero-order valence-electron chi connectivity index (χ0n) is 10.5. The van der Waals surface area contributed by atoms with Gasteiger partial charge in [-0.15, -0.1) is 0 Å². The minimum atomic E-state index is -3.60. The second-order valence-electron chi connectivity index (χ2n) is 5.08. The van der Waals surface area contributed by atoms with E-state index >= 15 is 0 Å². The fourth-order valence-corrected chi connectivity index (χ4v) is 5.04. The summed E-state index contributed by atoms with van der Waals surface area (Å²) >= 11 is 6.57. The average molecular weight is 412 g/mol. The molecule has 106 valence electrons. The SMILES string of the molecule is CC(CN)(NS(=O)(=O)c1cc(Br)ccc1Br)C1CC1. The van der Waals surface area contributed by atoms with E-state index in [1.807, 2.05) is 6.92 Å². The van der Waals surface area contributed by atoms with Gasteiger partial charge < -0.3 is 5.73 Å². The summed E-state index contributed by atoms with van der Waals surface area (Å²) in [6, 6.07) is 5.07. The van der Waals surface area contributed by atoms with Crippen LogP contribution in [-0.4, -0.2) is 20.5 Å². The Morgan fingerprint density at radius 2 is 2.05 bits per heavy atom. The van der Waals surface area contributed by atoms with Crippen LogP contribution in [0.2, 0.25) is 0 Å². The highest BCUT2D eigenvalue weighted by Crippen LogP contribution is 2.40. The molecule has 4 nitrogen and oxygen atoms in total. The Bertz CT molecular complexity index is 587. The molecule has 0 spiro atoms. The fraction of sp³-hybridized carbons (Fsp3) is 0.500. The lowest BCUT2D eigenvalue weighted by atomic mass is 9.98. The summed E-state index contributed by atoms with van der Waals surface area (Å²) in [5, 5.41) is 0. The van der Waals surface area contributed by atoms with Crippen molar-refractivity contribution in [3.8, 4) is 0 Å². The zero-order valence-corrected chi connectivity index (χ0v) is 14.5. The maximum absolute atomic E-state index is 12.5. The number of nitrogens with one attached hydrogen (secondary N) is 1. The van der Waals surface area contributed by atoms with Crippen LogP contribution in [-0.2, 0) is 10.0 Å². The standard InChI is InChI=1S/C12H16Br2N2O2S/c1-12(7-15,8-2-3-8)16-19(17,18)11-6-9(13)4-5-10(11)14/h4-6,8,16H,2-3,7,15H2,1H3. The number of rotatable bonds is 5. The van der Waals surface area contributed by atoms with E-state index < -0.39 is 15.6 Å². The Labute approximate surface area is 130 Å². The van der Waals surface area contributed by atoms with Crippen LogP contribution in [0.15, 0.2) is 32.0 Å². The van der Waals surface area contributed by atoms with E-state index in [0.29, 0.717) is 16.9 Å². The molecule has 2 rings (SSSR count). The molecule has 19 heavy (non-hydrogen) atoms. The second kappa shape index (κ2) is 5.44. The Kier molecular flexibility index (Phi) is 4.42. The van der Waals surface area contributed by atoms with Crippen molar-refractivity contribution in [1.82, 2.24) is 4.72 Å². The smallest absolute Gasteiger partial charge is 0.242 e. The van der Waals surface area contributed by atoms with Crippen molar-refractivity contribution < 1.29 is 8.42 Å². The molecule has 1 aliphatic rings. The van der Waals surface area contributed by atoms with Crippen molar-refractivity contribution in [3.63, 3.8) is 0 Å². The lowest BCUT2D eigenvalue weighted by Gasteiger charge is -2.29. The quantitative estimate of drug-likeness (QED) is 0.782. The number of hydrogen-bond donors (Lipinski definition) is 2. The summed E-state index contributed by atoms with van der Waals surface area (Å²) in [4.78, 5) is 0.224. The Morgan fingerprint density at radius 3 is 2.58 bits per heavy atom. The molecule has 1 aromatic carbocycles. The van der Waals surface area contributed by atoms with Crippen LogP contribution in [0.3, 0.4) is 0 Å². The van der Waals surface area contributed by atoms with E-state index in [9.17, 15) is 8.42 Å². The molecule has 0 radical (unpaired) electrons. The van der Waals surface area contributed by atoms with Gasteiger partial charge in [-0.25, -0.2) is 13.1 Å². The van der Waals surface area contributed by atoms with Gasteiger partial charge in [0.2, 0.25) is 10.0 Å². The molecule has 3 N–H and O–H groups in total. The third-order valence-electron chi connectivity index (χ3n) is 3.45. The van der Waals surface area contributed by atoms with E-state index in [-0.39, 0.29) is 4.90 Å². The third kappa shape index (κ3) is 3.39. The van der Waals surface area contributed by atoms with Crippen molar-refractivity contribution in [2.45, 2.75) is 30.2 Å². The van der Waals surface area contributed by atoms with Crippen molar-refractivity contribution in [1.29, 1.82) is 0 Å². The molecule has 1 aromatic rings. The molecule has 1 saturated carbocycles. The van der Waals surface area contributed by atoms with Gasteiger partial charge in [0, 0.05) is 21.0 Å². The molecule has 0 aromatic heterocycles. The van der Waals surface area contributed by atoms with Crippen LogP contribution in [0, 0.1) is 5.92 Å². The van der Waals surface area contributed by atoms with E-state index in [2.05, 4.69) is 36.6 Å². The van der Waals surface area contributed by atoms with Crippen LogP contribution in [0.1, 0.15) is 19.8 Å². The van der Waals surface area contributed by atoms with Gasteiger partial charge in [0.05, 0.1) is 4.90 Å². The topological polar surface area (TPSA) is 72.2 Å². The lowest BCUT2D eigenvalue weighted by Crippen LogP contribution is -2.53. The normalized spacial score (nSPS) is 19.2. The van der Waals surface area contributed by atoms with Crippen molar-refractivity contribution in [2.75, 3.05) is 6.54 Å². The molecule has 1 fully saturated rings. The molecule has 0 amide bonds. The number of hydrogen-bond acceptors (Lipinski definition) is 3. The van der Waals surface area contributed by atoms with E-state index in [1.165, 1.54) is 0 Å². The molecular weight excluding hydrogens is 396 g/mol. The molecule has 0 saturated heterocycles. The molecule has 0 heterocycles. The Balaban J connectivity index is 2.34. The number of nitrogens with two attached hydrogens (primary N) is 1. The highest BCUT2D eigenvalue weighted by molar-refractivity contribution is 9.11. The Morgan fingerprint density at radius 1 is 1.42 bits per heavy atom. The first-order chi connectivity index (χ1) is 8.78. The summed E-state index contributed by atoms with van der Waals surface area (Å²) in [6.07, 6.45) is 2.05. The third-order valence-corrected chi connectivity index (χ3v) is 6.55. The van der Waals surface area contributed by atoms with Gasteiger partial charge in [-0.2, -0.15) is 0 Å². The van der Waals surface area contributed by atoms with Crippen LogP contribution in [0.25, 0.3) is 0 Å². The van der Waals surface area contributed by atoms with Crippen LogP contribution in [0.4, 0.5) is 0 Å². The predicted octanol–water partition coefficient (Wildman–Crippen LogP) is 2.62. The summed E-state index contributed by atoms with van der Waals surface area (Å²) in [5.41, 5.74) is 5.18. The number of benzene rings is 1. The minimum Gasteiger partial charge on any atom is -0.329 e. The fourth-order valence-electron chi connectivity index (χ4n) is 2.06. The van der Waals surface area contributed by atoms with Crippen molar-refractivity contribution in [3.05, 3.63) is 27.1 Å². The van der Waals surface area contributed by atoms with Gasteiger partial charge in [-0.1, -0.05) is 15.9 Å². The number of halogens is 2. The predicted molar refractivity (Wildman–Crippen MR) is 82.3 cm³/mol. The molecular formula is C12H16Br2N2O2S. The largest absolute Gasteiger partial charge is 0.329 e. The van der Waals surface area contributed by atoms with E-state index in [1.54, 1.807) is 18.2 Å². The van der Waals surface area contributed by atoms with Gasteiger partial charge in [-0.05, 0) is 59.8 Å². The average Bonchev–Trinajstić information content (AvgIpc) is 3.15. The van der Waals surface area contributed by atoms with Gasteiger partial charge in [0.15, 0.2) is 0 Å². The summed E-state index contributed by atoms with van der Waals surface area (Å²) in [7, 11) is -3.60. The van der Waals surface area contributed by atoms with Gasteiger partial charge in [-0.3, -0.25) is 0 Å². The molecule has 0 aliphatic heterocycles. The molecule has 0 bridgehead atoms. The molecule has 1 aliphatic carbocycles. The van der Waals surface area contributed by atoms with E-state index in [4.69, 9.17) is 5.73 Å². The maximum Gasteiger partial charge on any atom is 0.242 e. The summed E-state index contributed by atoms with van der Waals surface area (Å²) in [6.45, 7) is 2.16. The maximum atomic E-state index is 12.5. The summed E-state index contributed by atoms with van der Waals surface area (Å²) < 4.78 is 29.0. The molecule has 7 heteroatoms. The first-order valence-electron chi connectivity index (χ1n) is 5.97. The monoisotopic (exact) mass is 410 g/mol. The molecule has 1 atom stereocenters. The van der Waals surface area contributed by atoms with Gasteiger partial charge >= 0.3 is 0 Å². The van der Waals surface area contributed by atoms with E-state index in [0.717, 1.165) is 17.3 Å². The van der Waals surface area contributed by atoms with Gasteiger partial charge in [0.25, 0.3) is 0 Å². The first kappa shape index (κ1) is 15.4. The van der Waals surface area contributed by atoms with Crippen LogP contribution in [0.5, 0.6) is 0 Å². The van der Waals surface area contributed by atoms with Crippen LogP contribution >= 0.6 is 31.9 Å². The molecule has 1 unspecified atom stereocenters. The second-order valence-corrected chi connectivity index (χ2v) is 8.50. The minimum absolute atomic E-state index is 0.224. The van der Waals surface area contributed by atoms with Gasteiger partial charge in [0.1, 0.15) is 0 Å². The van der Waals surface area contributed by atoms with Crippen molar-refractivity contribution in [2.24, 2.45) is 11.7 Å². The first-order valence-corrected chi connectivity index (χ1v) is 9.04. The highest BCUT2D eigenvalue weighted by atomic mass is 79.9. The number of sulfonamides is 1.